The van der Waals surface area contributed by atoms with Crippen LogP contribution in [0, 0.1) is 0 Å². The third-order valence-corrected chi connectivity index (χ3v) is 5.49. The highest BCUT2D eigenvalue weighted by molar-refractivity contribution is 6.03. The van der Waals surface area contributed by atoms with Crippen molar-refractivity contribution in [3.63, 3.8) is 0 Å². The van der Waals surface area contributed by atoms with Crippen LogP contribution in [0.1, 0.15) is 26.7 Å². The molecular weight excluding hydrogens is 298 g/mol. The molecule has 1 aliphatic carbocycles. The molecule has 0 spiro atoms. The van der Waals surface area contributed by atoms with Gasteiger partial charge in [-0.3, -0.25) is 14.6 Å². The van der Waals surface area contributed by atoms with Crippen LogP contribution in [-0.4, -0.2) is 90.8 Å². The monoisotopic (exact) mass is 325 g/mol. The van der Waals surface area contributed by atoms with Crippen molar-refractivity contribution in [3.8, 4) is 0 Å². The van der Waals surface area contributed by atoms with E-state index in [-0.39, 0.29) is 29.6 Å². The highest BCUT2D eigenvalue weighted by Crippen LogP contribution is 2.41. The van der Waals surface area contributed by atoms with Gasteiger partial charge in [-0.15, -0.1) is 0 Å². The first-order valence-electron chi connectivity index (χ1n) is 8.51. The quantitative estimate of drug-likeness (QED) is 0.691. The zero-order chi connectivity index (χ0) is 16.6. The van der Waals surface area contributed by atoms with Gasteiger partial charge in [-0.05, 0) is 26.7 Å². The normalized spacial score (nSPS) is 35.8. The first kappa shape index (κ1) is 16.7. The van der Waals surface area contributed by atoms with Crippen molar-refractivity contribution >= 4 is 11.9 Å². The lowest BCUT2D eigenvalue weighted by molar-refractivity contribution is -0.144. The molecule has 130 valence electrons. The summed E-state index contributed by atoms with van der Waals surface area (Å²) in [5.41, 5.74) is -0.153. The van der Waals surface area contributed by atoms with Crippen LogP contribution in [0.5, 0.6) is 0 Å². The summed E-state index contributed by atoms with van der Waals surface area (Å²) in [4.78, 5) is 30.2. The Balaban J connectivity index is 1.74. The first-order chi connectivity index (χ1) is 11.0. The van der Waals surface area contributed by atoms with Crippen LogP contribution in [0.25, 0.3) is 0 Å². The molecule has 0 aromatic carbocycles. The lowest BCUT2D eigenvalue weighted by atomic mass is 9.72. The van der Waals surface area contributed by atoms with Crippen molar-refractivity contribution in [3.05, 3.63) is 0 Å². The maximum absolute atomic E-state index is 12.4. The number of morpholine rings is 1. The van der Waals surface area contributed by atoms with Crippen molar-refractivity contribution in [1.29, 1.82) is 0 Å². The molecule has 0 N–H and O–H groups in total. The van der Waals surface area contributed by atoms with Gasteiger partial charge in [-0.2, -0.15) is 0 Å². The highest BCUT2D eigenvalue weighted by Gasteiger charge is 2.53. The lowest BCUT2D eigenvalue weighted by Gasteiger charge is -2.55. The standard InChI is InChI=1S/C16H27N3O4/c1-4-23-13-9-16(10-13,18-5-7-22-8-6-18)11-19-14(20)12(2)17(3)15(19)21/h12-13H,4-11H2,1-3H3. The third-order valence-electron chi connectivity index (χ3n) is 5.49. The summed E-state index contributed by atoms with van der Waals surface area (Å²) in [7, 11) is 1.69. The fraction of sp³-hybridized carbons (Fsp3) is 0.875. The van der Waals surface area contributed by atoms with E-state index in [0.717, 1.165) is 25.9 Å². The van der Waals surface area contributed by atoms with Crippen molar-refractivity contribution < 1.29 is 19.1 Å². The Labute approximate surface area is 137 Å². The molecule has 1 saturated carbocycles. The summed E-state index contributed by atoms with van der Waals surface area (Å²) in [5, 5.41) is 0. The molecule has 7 nitrogen and oxygen atoms in total. The van der Waals surface area contributed by atoms with Crippen LogP contribution in [0.15, 0.2) is 0 Å². The zero-order valence-electron chi connectivity index (χ0n) is 14.3. The minimum absolute atomic E-state index is 0.0926. The number of likely N-dealkylation sites (N-methyl/N-ethyl adjacent to an activating group) is 1. The Morgan fingerprint density at radius 3 is 2.43 bits per heavy atom. The number of nitrogens with zero attached hydrogens (tertiary/aromatic N) is 3. The molecule has 1 unspecified atom stereocenters. The van der Waals surface area contributed by atoms with E-state index in [2.05, 4.69) is 4.90 Å². The lowest BCUT2D eigenvalue weighted by Crippen LogP contribution is -2.67. The molecule has 0 aromatic rings. The Morgan fingerprint density at radius 2 is 1.91 bits per heavy atom. The molecule has 3 rings (SSSR count). The van der Waals surface area contributed by atoms with Gasteiger partial charge in [0.2, 0.25) is 0 Å². The molecule has 7 heteroatoms. The van der Waals surface area contributed by atoms with Gasteiger partial charge in [-0.25, -0.2) is 4.79 Å². The molecule has 23 heavy (non-hydrogen) atoms. The van der Waals surface area contributed by atoms with E-state index in [4.69, 9.17) is 9.47 Å². The van der Waals surface area contributed by atoms with E-state index in [1.165, 1.54) is 9.80 Å². The van der Waals surface area contributed by atoms with Gasteiger partial charge in [0.25, 0.3) is 5.91 Å². The summed E-state index contributed by atoms with van der Waals surface area (Å²) >= 11 is 0. The minimum Gasteiger partial charge on any atom is -0.379 e. The van der Waals surface area contributed by atoms with Crippen molar-refractivity contribution in [1.82, 2.24) is 14.7 Å². The molecule has 3 amide bonds. The van der Waals surface area contributed by atoms with Crippen molar-refractivity contribution in [2.75, 3.05) is 46.5 Å². The van der Waals surface area contributed by atoms with Gasteiger partial charge in [0.15, 0.2) is 0 Å². The van der Waals surface area contributed by atoms with E-state index in [1.807, 2.05) is 6.92 Å². The Morgan fingerprint density at radius 1 is 1.26 bits per heavy atom. The second-order valence-corrected chi connectivity index (χ2v) is 6.80. The molecule has 2 heterocycles. The predicted molar refractivity (Wildman–Crippen MR) is 84.1 cm³/mol. The number of carbonyl (C=O) groups is 2. The summed E-state index contributed by atoms with van der Waals surface area (Å²) in [6.07, 6.45) is 1.97. The van der Waals surface area contributed by atoms with Gasteiger partial charge < -0.3 is 14.4 Å². The molecule has 0 aromatic heterocycles. The number of carbonyl (C=O) groups excluding carboxylic acids is 2. The molecular formula is C16H27N3O4. The van der Waals surface area contributed by atoms with Crippen LogP contribution in [0.2, 0.25) is 0 Å². The SMILES string of the molecule is CCOC1CC(CN2C(=O)C(C)N(C)C2=O)(N2CCOCC2)C1. The van der Waals surface area contributed by atoms with Gasteiger partial charge in [0.1, 0.15) is 6.04 Å². The van der Waals surface area contributed by atoms with Crippen molar-refractivity contribution in [2.24, 2.45) is 0 Å². The van der Waals surface area contributed by atoms with Crippen LogP contribution in [0.3, 0.4) is 0 Å². The molecule has 3 aliphatic rings. The van der Waals surface area contributed by atoms with E-state index < -0.39 is 0 Å². The first-order valence-corrected chi connectivity index (χ1v) is 8.51. The van der Waals surface area contributed by atoms with Gasteiger partial charge in [0, 0.05) is 38.8 Å². The van der Waals surface area contributed by atoms with Gasteiger partial charge in [0.05, 0.1) is 19.3 Å². The molecule has 0 bridgehead atoms. The van der Waals surface area contributed by atoms with E-state index in [0.29, 0.717) is 26.4 Å². The highest BCUT2D eigenvalue weighted by atomic mass is 16.5. The second kappa shape index (κ2) is 6.37. The fourth-order valence-electron chi connectivity index (χ4n) is 3.95. The molecule has 2 aliphatic heterocycles. The number of ether oxygens (including phenoxy) is 2. The second-order valence-electron chi connectivity index (χ2n) is 6.80. The van der Waals surface area contributed by atoms with Crippen LogP contribution in [-0.2, 0) is 14.3 Å². The van der Waals surface area contributed by atoms with Crippen molar-refractivity contribution in [2.45, 2.75) is 44.4 Å². The van der Waals surface area contributed by atoms with E-state index in [1.54, 1.807) is 14.0 Å². The number of hydrogen-bond donors (Lipinski definition) is 0. The Hall–Kier alpha value is -1.18. The largest absolute Gasteiger partial charge is 0.379 e. The summed E-state index contributed by atoms with van der Waals surface area (Å²) in [5.74, 6) is -0.0926. The third kappa shape index (κ3) is 2.86. The van der Waals surface area contributed by atoms with Crippen LogP contribution < -0.4 is 0 Å². The minimum atomic E-state index is -0.369. The van der Waals surface area contributed by atoms with Gasteiger partial charge in [-0.1, -0.05) is 0 Å². The summed E-state index contributed by atoms with van der Waals surface area (Å²) in [6.45, 7) is 8.05. The van der Waals surface area contributed by atoms with Crippen LogP contribution >= 0.6 is 0 Å². The van der Waals surface area contributed by atoms with E-state index >= 15 is 0 Å². The van der Waals surface area contributed by atoms with Crippen LogP contribution in [0.4, 0.5) is 4.79 Å². The molecule has 2 saturated heterocycles. The van der Waals surface area contributed by atoms with Gasteiger partial charge >= 0.3 is 6.03 Å². The summed E-state index contributed by atoms with van der Waals surface area (Å²) in [6, 6.07) is -0.554. The van der Waals surface area contributed by atoms with E-state index in [9.17, 15) is 9.59 Å². The number of hydrogen-bond acceptors (Lipinski definition) is 5. The fourth-order valence-corrected chi connectivity index (χ4v) is 3.95. The molecule has 1 atom stereocenters. The number of imide groups is 1. The smallest absolute Gasteiger partial charge is 0.327 e. The maximum atomic E-state index is 12.4. The zero-order valence-corrected chi connectivity index (χ0v) is 14.3. The Kier molecular flexibility index (Phi) is 4.62. The number of urea groups is 1. The summed E-state index contributed by atoms with van der Waals surface area (Å²) < 4.78 is 11.2. The molecule has 0 radical (unpaired) electrons. The number of rotatable bonds is 5. The average molecular weight is 325 g/mol. The number of amides is 3. The maximum Gasteiger partial charge on any atom is 0.327 e. The Bertz CT molecular complexity index is 452. The molecule has 3 fully saturated rings. The topological polar surface area (TPSA) is 62.3 Å². The predicted octanol–water partition coefficient (Wildman–Crippen LogP) is 0.539. The average Bonchev–Trinajstić information content (AvgIpc) is 2.71.